The molecule has 2 heterocycles. The molecular weight excluding hydrogens is 482 g/mol. The molecule has 8 nitrogen and oxygen atoms in total. The average molecular weight is 513 g/mol. The topological polar surface area (TPSA) is 109 Å². The monoisotopic (exact) mass is 512 g/mol. The van der Waals surface area contributed by atoms with Crippen LogP contribution in [0.4, 0.5) is 8.78 Å². The molecule has 11 heteroatoms. The first-order valence-electron chi connectivity index (χ1n) is 11.4. The van der Waals surface area contributed by atoms with Gasteiger partial charge in [-0.1, -0.05) is 32.0 Å². The van der Waals surface area contributed by atoms with Gasteiger partial charge in [-0.3, -0.25) is 4.79 Å². The maximum atomic E-state index is 15.2. The Bertz CT molecular complexity index is 1250. The highest BCUT2D eigenvalue weighted by Crippen LogP contribution is 2.54. The number of nitrogens with zero attached hydrogens (tertiary/aromatic N) is 2. The number of ether oxygens (including phenoxy) is 1. The fourth-order valence-corrected chi connectivity index (χ4v) is 6.70. The number of aliphatic hydroxyl groups excluding tert-OH is 1. The van der Waals surface area contributed by atoms with Crippen LogP contribution in [0.2, 0.25) is 0 Å². The number of carboxylic acid groups (broad SMARTS) is 1. The van der Waals surface area contributed by atoms with Crippen molar-refractivity contribution in [2.24, 2.45) is 5.41 Å². The lowest BCUT2D eigenvalue weighted by Crippen LogP contribution is -2.47. The van der Waals surface area contributed by atoms with Gasteiger partial charge in [-0.25, -0.2) is 17.2 Å². The molecular formula is C24H30F2N2O6S. The molecule has 1 saturated heterocycles. The zero-order valence-corrected chi connectivity index (χ0v) is 20.7. The van der Waals surface area contributed by atoms with Crippen LogP contribution in [0.15, 0.2) is 29.2 Å². The minimum Gasteiger partial charge on any atom is -0.480 e. The van der Waals surface area contributed by atoms with Crippen molar-refractivity contribution in [2.75, 3.05) is 26.3 Å². The molecule has 1 aromatic carbocycles. The molecule has 0 saturated carbocycles. The van der Waals surface area contributed by atoms with E-state index in [9.17, 15) is 23.4 Å². The highest BCUT2D eigenvalue weighted by molar-refractivity contribution is 7.89. The molecule has 1 aliphatic heterocycles. The van der Waals surface area contributed by atoms with E-state index in [-0.39, 0.29) is 49.6 Å². The first-order valence-corrected chi connectivity index (χ1v) is 12.9. The zero-order valence-electron chi connectivity index (χ0n) is 19.9. The second kappa shape index (κ2) is 8.95. The number of carbonyl (C=O) groups is 1. The normalized spacial score (nSPS) is 22.1. The lowest BCUT2D eigenvalue weighted by molar-refractivity contribution is -0.192. The van der Waals surface area contributed by atoms with Crippen molar-refractivity contribution in [1.82, 2.24) is 8.87 Å². The molecule has 0 spiro atoms. The number of hydrogen-bond acceptors (Lipinski definition) is 5. The molecule has 2 aliphatic rings. The summed E-state index contributed by atoms with van der Waals surface area (Å²) in [7, 11) is -3.87. The lowest BCUT2D eigenvalue weighted by Gasteiger charge is -2.42. The largest absolute Gasteiger partial charge is 0.480 e. The van der Waals surface area contributed by atoms with E-state index in [0.29, 0.717) is 22.5 Å². The van der Waals surface area contributed by atoms with E-state index < -0.39 is 40.0 Å². The molecule has 1 unspecified atom stereocenters. The fraction of sp³-hybridized carbons (Fsp3) is 0.542. The summed E-state index contributed by atoms with van der Waals surface area (Å²) in [4.78, 5) is 11.6. The van der Waals surface area contributed by atoms with Gasteiger partial charge in [-0.15, -0.1) is 0 Å². The standard InChI is InChI=1S/C24H30F2N2O6S/c1-15-17(12-16-6-4-5-7-19(16)35(32,33)27-8-10-34-11-9-27)21-18(28(15)14-20(29)30)13-23(2,3)24(25,26)22(21)31/h4-7,22,31H,8-14H2,1-3H3,(H,29,30). The number of aliphatic carboxylic acids is 1. The summed E-state index contributed by atoms with van der Waals surface area (Å²) in [6, 6.07) is 6.35. The van der Waals surface area contributed by atoms with Gasteiger partial charge in [-0.05, 0) is 30.5 Å². The van der Waals surface area contributed by atoms with Gasteiger partial charge in [0.05, 0.1) is 18.1 Å². The molecule has 4 rings (SSSR count). The van der Waals surface area contributed by atoms with Gasteiger partial charge in [0.2, 0.25) is 10.0 Å². The Kier molecular flexibility index (Phi) is 6.58. The Hall–Kier alpha value is -2.34. The smallest absolute Gasteiger partial charge is 0.323 e. The highest BCUT2D eigenvalue weighted by atomic mass is 32.2. The maximum Gasteiger partial charge on any atom is 0.323 e. The van der Waals surface area contributed by atoms with Crippen LogP contribution in [0.25, 0.3) is 0 Å². The van der Waals surface area contributed by atoms with E-state index >= 15 is 8.78 Å². The SMILES string of the molecule is Cc1c(Cc2ccccc2S(=O)(=O)N2CCOCC2)c2c(n1CC(=O)O)CC(C)(C)C(F)(F)C2O. The molecule has 1 aromatic heterocycles. The van der Waals surface area contributed by atoms with Gasteiger partial charge in [-0.2, -0.15) is 4.31 Å². The Labute approximate surface area is 203 Å². The van der Waals surface area contributed by atoms with Gasteiger partial charge < -0.3 is 19.5 Å². The third-order valence-electron chi connectivity index (χ3n) is 7.15. The summed E-state index contributed by atoms with van der Waals surface area (Å²) in [6.07, 6.45) is -2.32. The Morgan fingerprint density at radius 1 is 1.20 bits per heavy atom. The van der Waals surface area contributed by atoms with Crippen LogP contribution in [0.5, 0.6) is 0 Å². The van der Waals surface area contributed by atoms with Gasteiger partial charge in [0.1, 0.15) is 12.6 Å². The van der Waals surface area contributed by atoms with Gasteiger partial charge >= 0.3 is 5.97 Å². The summed E-state index contributed by atoms with van der Waals surface area (Å²) in [5.41, 5.74) is -0.131. The summed E-state index contributed by atoms with van der Waals surface area (Å²) in [5, 5.41) is 20.3. The Balaban J connectivity index is 1.85. The van der Waals surface area contributed by atoms with Crippen molar-refractivity contribution in [3.63, 3.8) is 0 Å². The number of benzene rings is 1. The van der Waals surface area contributed by atoms with Crippen molar-refractivity contribution < 1.29 is 36.9 Å². The summed E-state index contributed by atoms with van der Waals surface area (Å²) < 4.78 is 65.2. The van der Waals surface area contributed by atoms with Crippen molar-refractivity contribution >= 4 is 16.0 Å². The minimum absolute atomic E-state index is 0.00773. The first-order chi connectivity index (χ1) is 16.3. The second-order valence-electron chi connectivity index (χ2n) is 9.79. The number of hydrogen-bond donors (Lipinski definition) is 2. The maximum absolute atomic E-state index is 15.2. The van der Waals surface area contributed by atoms with E-state index in [2.05, 4.69) is 0 Å². The number of halogens is 2. The quantitative estimate of drug-likeness (QED) is 0.616. The van der Waals surface area contributed by atoms with Gasteiger partial charge in [0.25, 0.3) is 5.92 Å². The van der Waals surface area contributed by atoms with Gasteiger partial charge in [0.15, 0.2) is 0 Å². The third-order valence-corrected chi connectivity index (χ3v) is 9.15. The molecule has 0 bridgehead atoms. The second-order valence-corrected chi connectivity index (χ2v) is 11.7. The zero-order chi connectivity index (χ0) is 25.8. The molecule has 192 valence electrons. The molecule has 1 fully saturated rings. The molecule has 0 amide bonds. The number of aromatic nitrogens is 1. The number of alkyl halides is 2. The number of carboxylic acids is 1. The Morgan fingerprint density at radius 3 is 2.46 bits per heavy atom. The fourth-order valence-electron chi connectivity index (χ4n) is 5.07. The number of rotatable bonds is 6. The number of morpholine rings is 1. The van der Waals surface area contributed by atoms with Crippen molar-refractivity contribution in [3.8, 4) is 0 Å². The lowest BCUT2D eigenvalue weighted by atomic mass is 9.71. The summed E-state index contributed by atoms with van der Waals surface area (Å²) >= 11 is 0. The number of aliphatic hydroxyl groups is 1. The molecule has 2 aromatic rings. The van der Waals surface area contributed by atoms with E-state index in [0.717, 1.165) is 0 Å². The molecule has 1 aliphatic carbocycles. The predicted molar refractivity (Wildman–Crippen MR) is 123 cm³/mol. The molecule has 0 radical (unpaired) electrons. The van der Waals surface area contributed by atoms with E-state index in [4.69, 9.17) is 4.74 Å². The van der Waals surface area contributed by atoms with Crippen LogP contribution < -0.4 is 0 Å². The molecule has 2 N–H and O–H groups in total. The van der Waals surface area contributed by atoms with Crippen LogP contribution >= 0.6 is 0 Å². The minimum atomic E-state index is -3.87. The van der Waals surface area contributed by atoms with Crippen LogP contribution in [-0.4, -0.2) is 65.7 Å². The third kappa shape index (κ3) is 4.28. The van der Waals surface area contributed by atoms with E-state index in [1.54, 1.807) is 25.1 Å². The molecule has 35 heavy (non-hydrogen) atoms. The number of sulfonamides is 1. The first kappa shape index (κ1) is 25.7. The number of fused-ring (bicyclic) bond motifs is 1. The summed E-state index contributed by atoms with van der Waals surface area (Å²) in [6.45, 7) is 4.84. The van der Waals surface area contributed by atoms with Crippen LogP contribution in [0.3, 0.4) is 0 Å². The highest BCUT2D eigenvalue weighted by Gasteiger charge is 2.58. The van der Waals surface area contributed by atoms with Crippen LogP contribution in [-0.2, 0) is 38.9 Å². The molecule has 1 atom stereocenters. The van der Waals surface area contributed by atoms with Crippen LogP contribution in [0.1, 0.15) is 48.0 Å². The Morgan fingerprint density at radius 2 is 1.83 bits per heavy atom. The van der Waals surface area contributed by atoms with Crippen molar-refractivity contribution in [3.05, 3.63) is 52.3 Å². The average Bonchev–Trinajstić information content (AvgIpc) is 3.03. The van der Waals surface area contributed by atoms with Crippen molar-refractivity contribution in [2.45, 2.75) is 57.1 Å². The van der Waals surface area contributed by atoms with Gasteiger partial charge in [0, 0.05) is 41.9 Å². The van der Waals surface area contributed by atoms with Crippen molar-refractivity contribution in [1.29, 1.82) is 0 Å². The van der Waals surface area contributed by atoms with E-state index in [1.165, 1.54) is 28.8 Å². The van der Waals surface area contributed by atoms with E-state index in [1.807, 2.05) is 0 Å². The van der Waals surface area contributed by atoms with Crippen LogP contribution in [0, 0.1) is 12.3 Å². The predicted octanol–water partition coefficient (Wildman–Crippen LogP) is 2.74. The summed E-state index contributed by atoms with van der Waals surface area (Å²) in [5.74, 6) is -4.60.